The van der Waals surface area contributed by atoms with Crippen LogP contribution < -0.4 is 19.1 Å². The summed E-state index contributed by atoms with van der Waals surface area (Å²) in [6, 6.07) is 13.5. The first-order valence-corrected chi connectivity index (χ1v) is 12.3. The molecule has 1 aromatic heterocycles. The lowest BCUT2D eigenvalue weighted by atomic mass is 10.1. The van der Waals surface area contributed by atoms with Crippen molar-refractivity contribution in [2.45, 2.75) is 24.2 Å². The van der Waals surface area contributed by atoms with E-state index in [4.69, 9.17) is 9.47 Å². The molecule has 0 saturated heterocycles. The van der Waals surface area contributed by atoms with Crippen LogP contribution in [-0.4, -0.2) is 24.2 Å². The minimum Gasteiger partial charge on any atom is -0.497 e. The number of nitrogens with zero attached hydrogens (tertiary/aromatic N) is 3. The average Bonchev–Trinajstić information content (AvgIpc) is 2.93. The van der Waals surface area contributed by atoms with Crippen molar-refractivity contribution in [1.29, 1.82) is 0 Å². The molecule has 0 amide bonds. The van der Waals surface area contributed by atoms with Crippen molar-refractivity contribution >= 4 is 23.5 Å². The van der Waals surface area contributed by atoms with Crippen molar-refractivity contribution in [3.05, 3.63) is 102 Å². The number of benzene rings is 3. The molecule has 204 valence electrons. The summed E-state index contributed by atoms with van der Waals surface area (Å²) in [6.07, 6.45) is -1.84. The van der Waals surface area contributed by atoms with Gasteiger partial charge < -0.3 is 14.8 Å². The second-order valence-corrected chi connectivity index (χ2v) is 9.26. The van der Waals surface area contributed by atoms with Crippen molar-refractivity contribution in [1.82, 2.24) is 9.97 Å². The third-order valence-electron chi connectivity index (χ3n) is 5.62. The SMILES string of the molecule is COc1ccc(CN(Sc2ccc(NCc3cc(F)ccc3F)c(C(F)(F)F)c2)c2ccncn2)c(OC)c1. The summed E-state index contributed by atoms with van der Waals surface area (Å²) in [5.41, 5.74) is -0.560. The van der Waals surface area contributed by atoms with Crippen LogP contribution in [-0.2, 0) is 19.3 Å². The van der Waals surface area contributed by atoms with Gasteiger partial charge in [-0.3, -0.25) is 4.31 Å². The summed E-state index contributed by atoms with van der Waals surface area (Å²) >= 11 is 1.04. The van der Waals surface area contributed by atoms with Gasteiger partial charge in [-0.25, -0.2) is 18.7 Å². The fraction of sp³-hybridized carbons (Fsp3) is 0.185. The molecule has 0 atom stereocenters. The zero-order valence-electron chi connectivity index (χ0n) is 20.8. The van der Waals surface area contributed by atoms with Crippen LogP contribution in [0.1, 0.15) is 16.7 Å². The van der Waals surface area contributed by atoms with Gasteiger partial charge in [0.1, 0.15) is 35.3 Å². The summed E-state index contributed by atoms with van der Waals surface area (Å²) in [5.74, 6) is 0.181. The highest BCUT2D eigenvalue weighted by Crippen LogP contribution is 2.40. The standard InChI is InChI=1S/C27H23F5N4O2S/c1-37-20-5-3-17(25(12-20)38-2)15-36(26-9-10-33-16-35-26)39-21-6-8-24(22(13-21)27(30,31)32)34-14-18-11-19(28)4-7-23(18)29/h3-13,16,34H,14-15H2,1-2H3. The first-order chi connectivity index (χ1) is 18.7. The fourth-order valence-corrected chi connectivity index (χ4v) is 4.65. The van der Waals surface area contributed by atoms with Gasteiger partial charge in [0.15, 0.2) is 0 Å². The molecule has 6 nitrogen and oxygen atoms in total. The van der Waals surface area contributed by atoms with E-state index in [1.807, 2.05) is 0 Å². The number of aromatic nitrogens is 2. The highest BCUT2D eigenvalue weighted by molar-refractivity contribution is 8.00. The fourth-order valence-electron chi connectivity index (χ4n) is 3.69. The number of rotatable bonds is 10. The monoisotopic (exact) mass is 562 g/mol. The van der Waals surface area contributed by atoms with Crippen molar-refractivity contribution < 1.29 is 31.4 Å². The number of nitrogens with one attached hydrogen (secondary N) is 1. The molecule has 0 aliphatic rings. The van der Waals surface area contributed by atoms with Gasteiger partial charge in [-0.05, 0) is 66.5 Å². The van der Waals surface area contributed by atoms with Crippen molar-refractivity contribution in [2.24, 2.45) is 0 Å². The second-order valence-electron chi connectivity index (χ2n) is 8.17. The van der Waals surface area contributed by atoms with Crippen LogP contribution in [0.15, 0.2) is 78.1 Å². The highest BCUT2D eigenvalue weighted by Gasteiger charge is 2.34. The van der Waals surface area contributed by atoms with Crippen LogP contribution in [0.5, 0.6) is 11.5 Å². The Morgan fingerprint density at radius 3 is 2.44 bits per heavy atom. The average molecular weight is 563 g/mol. The molecule has 0 bridgehead atoms. The van der Waals surface area contributed by atoms with E-state index < -0.39 is 23.4 Å². The quantitative estimate of drug-likeness (QED) is 0.163. The normalized spacial score (nSPS) is 11.3. The molecule has 0 fully saturated rings. The Bertz CT molecular complexity index is 1420. The molecule has 0 radical (unpaired) electrons. The third kappa shape index (κ3) is 7.08. The Labute approximate surface area is 225 Å². The molecule has 4 rings (SSSR count). The van der Waals surface area contributed by atoms with Gasteiger partial charge in [-0.2, -0.15) is 13.2 Å². The van der Waals surface area contributed by atoms with Gasteiger partial charge >= 0.3 is 6.18 Å². The predicted molar refractivity (Wildman–Crippen MR) is 139 cm³/mol. The van der Waals surface area contributed by atoms with Gasteiger partial charge in [0.05, 0.1) is 26.3 Å². The van der Waals surface area contributed by atoms with Gasteiger partial charge in [0, 0.05) is 40.5 Å². The Morgan fingerprint density at radius 2 is 1.74 bits per heavy atom. The molecule has 1 heterocycles. The molecular formula is C27H23F5N4O2S. The van der Waals surface area contributed by atoms with Crippen LogP contribution in [0.3, 0.4) is 0 Å². The van der Waals surface area contributed by atoms with E-state index in [1.54, 1.807) is 28.6 Å². The number of ether oxygens (including phenoxy) is 2. The number of alkyl halides is 3. The molecule has 4 aromatic rings. The van der Waals surface area contributed by atoms with E-state index >= 15 is 0 Å². The van der Waals surface area contributed by atoms with E-state index in [1.165, 1.54) is 38.9 Å². The van der Waals surface area contributed by atoms with Gasteiger partial charge in [-0.15, -0.1) is 0 Å². The molecule has 1 N–H and O–H groups in total. The zero-order valence-corrected chi connectivity index (χ0v) is 21.6. The minimum atomic E-state index is -4.71. The van der Waals surface area contributed by atoms with Crippen LogP contribution in [0, 0.1) is 11.6 Å². The minimum absolute atomic E-state index is 0.0926. The van der Waals surface area contributed by atoms with Crippen molar-refractivity contribution in [3.8, 4) is 11.5 Å². The summed E-state index contributed by atoms with van der Waals surface area (Å²) in [4.78, 5) is 8.45. The molecule has 0 unspecified atom stereocenters. The van der Waals surface area contributed by atoms with E-state index in [-0.39, 0.29) is 29.2 Å². The van der Waals surface area contributed by atoms with Gasteiger partial charge in [0.25, 0.3) is 0 Å². The maximum absolute atomic E-state index is 14.0. The summed E-state index contributed by atoms with van der Waals surface area (Å²) < 4.78 is 82.0. The zero-order chi connectivity index (χ0) is 28.0. The Balaban J connectivity index is 1.63. The van der Waals surface area contributed by atoms with Gasteiger partial charge in [0.2, 0.25) is 0 Å². The van der Waals surface area contributed by atoms with Crippen LogP contribution in [0.2, 0.25) is 0 Å². The van der Waals surface area contributed by atoms with Crippen LogP contribution in [0.4, 0.5) is 33.5 Å². The number of hydrogen-bond acceptors (Lipinski definition) is 7. The third-order valence-corrected chi connectivity index (χ3v) is 6.62. The van der Waals surface area contributed by atoms with Crippen molar-refractivity contribution in [2.75, 3.05) is 23.8 Å². The smallest absolute Gasteiger partial charge is 0.418 e. The topological polar surface area (TPSA) is 59.5 Å². The molecule has 0 aliphatic carbocycles. The highest BCUT2D eigenvalue weighted by atomic mass is 32.2. The lowest BCUT2D eigenvalue weighted by Crippen LogP contribution is -2.16. The molecular weight excluding hydrogens is 539 g/mol. The van der Waals surface area contributed by atoms with Crippen molar-refractivity contribution in [3.63, 3.8) is 0 Å². The molecule has 39 heavy (non-hydrogen) atoms. The predicted octanol–water partition coefficient (Wildman–Crippen LogP) is 7.12. The maximum Gasteiger partial charge on any atom is 0.418 e. The van der Waals surface area contributed by atoms with E-state index in [2.05, 4.69) is 15.3 Å². The first kappa shape index (κ1) is 28.0. The Hall–Kier alpha value is -4.06. The van der Waals surface area contributed by atoms with Gasteiger partial charge in [-0.1, -0.05) is 0 Å². The molecule has 12 heteroatoms. The summed E-state index contributed by atoms with van der Waals surface area (Å²) in [7, 11) is 3.04. The largest absolute Gasteiger partial charge is 0.497 e. The molecule has 3 aromatic carbocycles. The number of methoxy groups -OCH3 is 2. The lowest BCUT2D eigenvalue weighted by Gasteiger charge is -2.24. The maximum atomic E-state index is 14.0. The van der Waals surface area contributed by atoms with E-state index in [0.717, 1.165) is 41.8 Å². The van der Waals surface area contributed by atoms with Crippen LogP contribution in [0.25, 0.3) is 0 Å². The summed E-state index contributed by atoms with van der Waals surface area (Å²) in [5, 5.41) is 2.58. The van der Waals surface area contributed by atoms with E-state index in [0.29, 0.717) is 17.3 Å². The molecule has 0 aliphatic heterocycles. The first-order valence-electron chi connectivity index (χ1n) is 11.5. The van der Waals surface area contributed by atoms with Crippen LogP contribution >= 0.6 is 11.9 Å². The number of anilines is 2. The number of hydrogen-bond donors (Lipinski definition) is 1. The summed E-state index contributed by atoms with van der Waals surface area (Å²) in [6.45, 7) is -0.0987. The Morgan fingerprint density at radius 1 is 0.923 bits per heavy atom. The number of halogens is 5. The lowest BCUT2D eigenvalue weighted by molar-refractivity contribution is -0.137. The molecule has 0 spiro atoms. The van der Waals surface area contributed by atoms with E-state index in [9.17, 15) is 22.0 Å². The second kappa shape index (κ2) is 12.2. The Kier molecular flexibility index (Phi) is 8.75. The molecule has 0 saturated carbocycles.